The van der Waals surface area contributed by atoms with Crippen LogP contribution in [0.3, 0.4) is 0 Å². The lowest BCUT2D eigenvalue weighted by molar-refractivity contribution is -0.229. The van der Waals surface area contributed by atoms with Crippen molar-refractivity contribution in [3.8, 4) is 0 Å². The first kappa shape index (κ1) is 22.6. The topological polar surface area (TPSA) is 72.8 Å². The highest BCUT2D eigenvalue weighted by atomic mass is 16.6. The van der Waals surface area contributed by atoms with E-state index in [0.29, 0.717) is 12.3 Å². The van der Waals surface area contributed by atoms with Gasteiger partial charge in [0, 0.05) is 24.7 Å². The summed E-state index contributed by atoms with van der Waals surface area (Å²) in [5.74, 6) is -0.00904. The fraction of sp³-hybridized carbons (Fsp3) is 0.917. The van der Waals surface area contributed by atoms with Gasteiger partial charge in [-0.3, -0.25) is 9.59 Å². The van der Waals surface area contributed by atoms with Crippen molar-refractivity contribution in [2.24, 2.45) is 34.0 Å². The van der Waals surface area contributed by atoms with Crippen molar-refractivity contribution >= 4 is 11.9 Å². The van der Waals surface area contributed by atoms with Gasteiger partial charge in [0.1, 0.15) is 12.2 Å². The predicted octanol–water partition coefficient (Wildman–Crippen LogP) is 4.50. The third kappa shape index (κ3) is 3.32. The second-order valence-electron chi connectivity index (χ2n) is 10.8. The van der Waals surface area contributed by atoms with E-state index in [0.717, 1.165) is 32.1 Å². The van der Waals surface area contributed by atoms with E-state index in [1.807, 2.05) is 0 Å². The Hall–Kier alpha value is -1.10. The summed E-state index contributed by atoms with van der Waals surface area (Å²) in [6.07, 6.45) is 4.27. The smallest absolute Gasteiger partial charge is 0.302 e. The highest BCUT2D eigenvalue weighted by Gasteiger charge is 2.68. The number of ether oxygens (including phenoxy) is 2. The number of carbonyl (C=O) groups excluding carboxylic acids is 2. The number of aliphatic hydroxyl groups excluding tert-OH is 1. The van der Waals surface area contributed by atoms with Gasteiger partial charge in [-0.25, -0.2) is 0 Å². The highest BCUT2D eigenvalue weighted by Crippen LogP contribution is 2.69. The minimum absolute atomic E-state index is 0.0394. The lowest BCUT2D eigenvalue weighted by Gasteiger charge is -2.63. The van der Waals surface area contributed by atoms with Crippen molar-refractivity contribution in [2.75, 3.05) is 0 Å². The maximum Gasteiger partial charge on any atom is 0.302 e. The van der Waals surface area contributed by atoms with Gasteiger partial charge in [-0.1, -0.05) is 34.6 Å². The molecule has 5 heteroatoms. The molecule has 0 aromatic heterocycles. The van der Waals surface area contributed by atoms with Crippen molar-refractivity contribution in [3.05, 3.63) is 0 Å². The molecule has 3 aliphatic carbocycles. The molecule has 0 amide bonds. The molecule has 29 heavy (non-hydrogen) atoms. The summed E-state index contributed by atoms with van der Waals surface area (Å²) in [6, 6.07) is 0. The molecule has 1 N–H and O–H groups in total. The average molecular weight is 409 g/mol. The molecule has 0 aromatic carbocycles. The van der Waals surface area contributed by atoms with E-state index in [1.165, 1.54) is 13.8 Å². The molecule has 2 bridgehead atoms. The molecule has 0 aromatic rings. The van der Waals surface area contributed by atoms with Crippen LogP contribution in [0.2, 0.25) is 0 Å². The summed E-state index contributed by atoms with van der Waals surface area (Å²) in [5, 5.41) is 11.2. The third-order valence-electron chi connectivity index (χ3n) is 9.49. The van der Waals surface area contributed by atoms with E-state index in [9.17, 15) is 14.7 Å². The second kappa shape index (κ2) is 7.55. The number of hydrogen-bond acceptors (Lipinski definition) is 5. The van der Waals surface area contributed by atoms with Crippen LogP contribution in [0.25, 0.3) is 0 Å². The van der Waals surface area contributed by atoms with Crippen LogP contribution < -0.4 is 0 Å². The van der Waals surface area contributed by atoms with Gasteiger partial charge in [0.15, 0.2) is 0 Å². The molecule has 0 aliphatic heterocycles. The summed E-state index contributed by atoms with van der Waals surface area (Å²) in [5.41, 5.74) is -0.698. The number of aliphatic hydroxyl groups is 1. The molecular formula is C24H40O5. The van der Waals surface area contributed by atoms with E-state index in [-0.39, 0.29) is 52.2 Å². The number of esters is 2. The van der Waals surface area contributed by atoms with E-state index >= 15 is 0 Å². The molecule has 5 nitrogen and oxygen atoms in total. The fourth-order valence-electron chi connectivity index (χ4n) is 7.60. The van der Waals surface area contributed by atoms with Crippen LogP contribution in [0.15, 0.2) is 0 Å². The van der Waals surface area contributed by atoms with Gasteiger partial charge in [0.25, 0.3) is 0 Å². The predicted molar refractivity (Wildman–Crippen MR) is 111 cm³/mol. The maximum atomic E-state index is 12.1. The van der Waals surface area contributed by atoms with Crippen molar-refractivity contribution in [1.82, 2.24) is 0 Å². The van der Waals surface area contributed by atoms with E-state index in [1.54, 1.807) is 0 Å². The Morgan fingerprint density at radius 2 is 1.62 bits per heavy atom. The Morgan fingerprint density at radius 1 is 1.03 bits per heavy atom. The van der Waals surface area contributed by atoms with Crippen LogP contribution in [0, 0.1) is 34.0 Å². The molecule has 9 atom stereocenters. The number of carbonyl (C=O) groups is 2. The molecule has 0 spiro atoms. The standard InChI is InChI=1S/C24H40O5/c1-8-22(6)13-19(28-16(4)25)23(7)14(2)9-11-24(12-10-18(27)20(23)24)15(3)21(22)29-17(5)26/h14-15,18-21,27H,8-13H2,1-7H3/t14-,15+,18-,19-,20+,21+,22-,23+,24+/m1/s1. The summed E-state index contributed by atoms with van der Waals surface area (Å²) in [6.45, 7) is 14.0. The first-order valence-electron chi connectivity index (χ1n) is 11.4. The van der Waals surface area contributed by atoms with Crippen LogP contribution in [-0.4, -0.2) is 35.4 Å². The maximum absolute atomic E-state index is 12.1. The van der Waals surface area contributed by atoms with Gasteiger partial charge in [0.2, 0.25) is 0 Å². The Morgan fingerprint density at radius 3 is 2.17 bits per heavy atom. The molecule has 3 rings (SSSR count). The van der Waals surface area contributed by atoms with Gasteiger partial charge >= 0.3 is 11.9 Å². The van der Waals surface area contributed by atoms with Gasteiger partial charge < -0.3 is 14.6 Å². The summed E-state index contributed by atoms with van der Waals surface area (Å²) in [4.78, 5) is 24.2. The minimum atomic E-state index is -0.410. The Balaban J connectivity index is 2.22. The largest absolute Gasteiger partial charge is 0.462 e. The van der Waals surface area contributed by atoms with Crippen molar-refractivity contribution in [1.29, 1.82) is 0 Å². The van der Waals surface area contributed by atoms with Crippen LogP contribution >= 0.6 is 0 Å². The molecule has 0 heterocycles. The Kier molecular flexibility index (Phi) is 5.88. The van der Waals surface area contributed by atoms with Gasteiger partial charge in [0.05, 0.1) is 6.10 Å². The lowest BCUT2D eigenvalue weighted by Crippen LogP contribution is -2.64. The summed E-state index contributed by atoms with van der Waals surface area (Å²) >= 11 is 0. The quantitative estimate of drug-likeness (QED) is 0.696. The van der Waals surface area contributed by atoms with Crippen molar-refractivity contribution in [2.45, 2.75) is 105 Å². The van der Waals surface area contributed by atoms with Crippen LogP contribution in [-0.2, 0) is 19.1 Å². The fourth-order valence-corrected chi connectivity index (χ4v) is 7.60. The normalized spacial score (nSPS) is 49.5. The lowest BCUT2D eigenvalue weighted by atomic mass is 9.43. The number of rotatable bonds is 3. The number of hydrogen-bond donors (Lipinski definition) is 1. The average Bonchev–Trinajstić information content (AvgIpc) is 2.99. The highest BCUT2D eigenvalue weighted by molar-refractivity contribution is 5.66. The van der Waals surface area contributed by atoms with E-state index in [4.69, 9.17) is 9.47 Å². The zero-order valence-electron chi connectivity index (χ0n) is 19.3. The van der Waals surface area contributed by atoms with Gasteiger partial charge in [-0.15, -0.1) is 0 Å². The van der Waals surface area contributed by atoms with Crippen molar-refractivity contribution in [3.63, 3.8) is 0 Å². The Bertz CT molecular complexity index is 662. The first-order valence-corrected chi connectivity index (χ1v) is 11.4. The summed E-state index contributed by atoms with van der Waals surface area (Å²) < 4.78 is 12.1. The SMILES string of the molecule is CC[C@]1(C)C[C@@H](OC(C)=O)[C@]2(C)[C@H](C)CC[C@]3(CC[C@@H](O)[C@H]32)[C@@H](C)[C@@H]1OC(C)=O. The van der Waals surface area contributed by atoms with E-state index < -0.39 is 6.10 Å². The molecule has 3 saturated carbocycles. The summed E-state index contributed by atoms with van der Waals surface area (Å²) in [7, 11) is 0. The van der Waals surface area contributed by atoms with Crippen LogP contribution in [0.4, 0.5) is 0 Å². The zero-order valence-corrected chi connectivity index (χ0v) is 19.3. The molecule has 3 aliphatic rings. The molecule has 0 saturated heterocycles. The van der Waals surface area contributed by atoms with Gasteiger partial charge in [-0.05, 0) is 61.7 Å². The first-order chi connectivity index (χ1) is 13.4. The molecule has 0 unspecified atom stereocenters. The second-order valence-corrected chi connectivity index (χ2v) is 10.8. The molecule has 166 valence electrons. The van der Waals surface area contributed by atoms with Crippen molar-refractivity contribution < 1.29 is 24.2 Å². The van der Waals surface area contributed by atoms with Gasteiger partial charge in [-0.2, -0.15) is 0 Å². The van der Waals surface area contributed by atoms with Crippen LogP contribution in [0.5, 0.6) is 0 Å². The monoisotopic (exact) mass is 408 g/mol. The molecule has 3 fully saturated rings. The minimum Gasteiger partial charge on any atom is -0.462 e. The van der Waals surface area contributed by atoms with Crippen LogP contribution in [0.1, 0.15) is 87.0 Å². The molecule has 0 radical (unpaired) electrons. The third-order valence-corrected chi connectivity index (χ3v) is 9.49. The Labute approximate surface area is 175 Å². The van der Waals surface area contributed by atoms with E-state index in [2.05, 4.69) is 34.6 Å². The molecular weight excluding hydrogens is 368 g/mol. The zero-order chi connectivity index (χ0) is 21.8.